The van der Waals surface area contributed by atoms with Gasteiger partial charge in [0.15, 0.2) is 0 Å². The molecule has 2 atom stereocenters. The Morgan fingerprint density at radius 2 is 2.11 bits per heavy atom. The molecule has 19 heavy (non-hydrogen) atoms. The summed E-state index contributed by atoms with van der Waals surface area (Å²) in [5.74, 6) is 0.579. The third-order valence-electron chi connectivity index (χ3n) is 3.85. The minimum absolute atomic E-state index is 0.0317. The molecule has 0 bridgehead atoms. The number of hydrogen-bond acceptors (Lipinski definition) is 1. The van der Waals surface area contributed by atoms with Crippen LogP contribution in [0.1, 0.15) is 32.3 Å². The molecule has 0 aliphatic carbocycles. The Kier molecular flexibility index (Phi) is 4.56. The van der Waals surface area contributed by atoms with Crippen LogP contribution in [0.5, 0.6) is 0 Å². The summed E-state index contributed by atoms with van der Waals surface area (Å²) in [5, 5.41) is 0. The fourth-order valence-electron chi connectivity index (χ4n) is 2.76. The second kappa shape index (κ2) is 6.18. The average Bonchev–Trinajstić information content (AvgIpc) is 2.40. The van der Waals surface area contributed by atoms with Crippen LogP contribution >= 0.6 is 0 Å². The predicted molar refractivity (Wildman–Crippen MR) is 74.2 cm³/mol. The molecule has 0 N–H and O–H groups in total. The number of piperidine rings is 1. The van der Waals surface area contributed by atoms with Crippen LogP contribution in [0.15, 0.2) is 24.3 Å². The molecule has 1 aromatic carbocycles. The Labute approximate surface area is 114 Å². The number of likely N-dealkylation sites (tertiary alicyclic amines) is 1. The first-order valence-corrected chi connectivity index (χ1v) is 7.09. The third-order valence-corrected chi connectivity index (χ3v) is 3.85. The molecule has 3 heteroatoms. The molecule has 104 valence electrons. The maximum Gasteiger partial charge on any atom is 0.225 e. The summed E-state index contributed by atoms with van der Waals surface area (Å²) in [6, 6.07) is 6.43. The maximum absolute atomic E-state index is 12.8. The van der Waals surface area contributed by atoms with Crippen molar-refractivity contribution in [1.82, 2.24) is 4.90 Å². The van der Waals surface area contributed by atoms with E-state index < -0.39 is 0 Å². The van der Waals surface area contributed by atoms with Crippen molar-refractivity contribution in [2.24, 2.45) is 11.8 Å². The monoisotopic (exact) mass is 263 g/mol. The zero-order chi connectivity index (χ0) is 13.8. The van der Waals surface area contributed by atoms with Gasteiger partial charge in [0.05, 0.1) is 0 Å². The van der Waals surface area contributed by atoms with Gasteiger partial charge >= 0.3 is 0 Å². The largest absolute Gasteiger partial charge is 0.342 e. The van der Waals surface area contributed by atoms with E-state index >= 15 is 0 Å². The van der Waals surface area contributed by atoms with Crippen LogP contribution in [0, 0.1) is 17.7 Å². The molecule has 1 fully saturated rings. The van der Waals surface area contributed by atoms with Crippen molar-refractivity contribution in [1.29, 1.82) is 0 Å². The number of rotatable bonds is 3. The standard InChI is InChI=1S/C16H22FNO/c1-12-4-3-9-18(11-12)16(19)13(2)10-14-5-7-15(17)8-6-14/h5-8,12-13H,3-4,9-11H2,1-2H3. The van der Waals surface area contributed by atoms with Crippen LogP contribution in [0.4, 0.5) is 4.39 Å². The highest BCUT2D eigenvalue weighted by molar-refractivity contribution is 5.78. The van der Waals surface area contributed by atoms with Gasteiger partial charge in [-0.15, -0.1) is 0 Å². The van der Waals surface area contributed by atoms with E-state index in [0.717, 1.165) is 25.1 Å². The van der Waals surface area contributed by atoms with E-state index in [4.69, 9.17) is 0 Å². The number of carbonyl (C=O) groups excluding carboxylic acids is 1. The Morgan fingerprint density at radius 3 is 2.74 bits per heavy atom. The molecule has 0 spiro atoms. The summed E-state index contributed by atoms with van der Waals surface area (Å²) in [7, 11) is 0. The molecule has 0 radical (unpaired) electrons. The van der Waals surface area contributed by atoms with Crippen LogP contribution in [0.3, 0.4) is 0 Å². The predicted octanol–water partition coefficient (Wildman–Crippen LogP) is 3.26. The highest BCUT2D eigenvalue weighted by atomic mass is 19.1. The van der Waals surface area contributed by atoms with Crippen molar-refractivity contribution in [2.45, 2.75) is 33.1 Å². The van der Waals surface area contributed by atoms with E-state index in [1.54, 1.807) is 12.1 Å². The van der Waals surface area contributed by atoms with Crippen molar-refractivity contribution in [3.8, 4) is 0 Å². The summed E-state index contributed by atoms with van der Waals surface area (Å²) < 4.78 is 12.8. The van der Waals surface area contributed by atoms with Crippen LogP contribution in [0.2, 0.25) is 0 Å². The molecular weight excluding hydrogens is 241 g/mol. The van der Waals surface area contributed by atoms with Gasteiger partial charge in [0.25, 0.3) is 0 Å². The Hall–Kier alpha value is -1.38. The van der Waals surface area contributed by atoms with E-state index in [9.17, 15) is 9.18 Å². The van der Waals surface area contributed by atoms with Gasteiger partial charge in [0.2, 0.25) is 5.91 Å². The zero-order valence-corrected chi connectivity index (χ0v) is 11.7. The second-order valence-electron chi connectivity index (χ2n) is 5.76. The number of carbonyl (C=O) groups is 1. The summed E-state index contributed by atoms with van der Waals surface area (Å²) in [5.41, 5.74) is 1.02. The van der Waals surface area contributed by atoms with E-state index in [1.165, 1.54) is 18.6 Å². The molecule has 2 unspecified atom stereocenters. The molecule has 2 nitrogen and oxygen atoms in total. The summed E-state index contributed by atoms with van der Waals surface area (Å²) in [6.07, 6.45) is 3.01. The fraction of sp³-hybridized carbons (Fsp3) is 0.562. The number of amides is 1. The molecule has 0 saturated carbocycles. The number of halogens is 1. The normalized spacial score (nSPS) is 21.2. The highest BCUT2D eigenvalue weighted by Crippen LogP contribution is 2.19. The van der Waals surface area contributed by atoms with Crippen LogP contribution < -0.4 is 0 Å². The Morgan fingerprint density at radius 1 is 1.42 bits per heavy atom. The van der Waals surface area contributed by atoms with E-state index in [2.05, 4.69) is 6.92 Å². The lowest BCUT2D eigenvalue weighted by atomic mass is 9.96. The lowest BCUT2D eigenvalue weighted by Gasteiger charge is -2.32. The number of benzene rings is 1. The minimum Gasteiger partial charge on any atom is -0.342 e. The van der Waals surface area contributed by atoms with E-state index in [-0.39, 0.29) is 17.6 Å². The van der Waals surface area contributed by atoms with Crippen molar-refractivity contribution >= 4 is 5.91 Å². The van der Waals surface area contributed by atoms with Gasteiger partial charge in [0, 0.05) is 19.0 Å². The quantitative estimate of drug-likeness (QED) is 0.819. The zero-order valence-electron chi connectivity index (χ0n) is 11.7. The first kappa shape index (κ1) is 14.0. The SMILES string of the molecule is CC1CCCN(C(=O)C(C)Cc2ccc(F)cc2)C1. The van der Waals surface area contributed by atoms with E-state index in [0.29, 0.717) is 12.3 Å². The molecule has 1 heterocycles. The van der Waals surface area contributed by atoms with Crippen LogP contribution in [0.25, 0.3) is 0 Å². The van der Waals surface area contributed by atoms with Gasteiger partial charge in [-0.05, 0) is 42.9 Å². The highest BCUT2D eigenvalue weighted by Gasteiger charge is 2.24. The molecule has 1 saturated heterocycles. The van der Waals surface area contributed by atoms with Gasteiger partial charge in [-0.1, -0.05) is 26.0 Å². The number of hydrogen-bond donors (Lipinski definition) is 0. The second-order valence-corrected chi connectivity index (χ2v) is 5.76. The topological polar surface area (TPSA) is 20.3 Å². The van der Waals surface area contributed by atoms with Crippen LogP contribution in [-0.2, 0) is 11.2 Å². The van der Waals surface area contributed by atoms with Crippen molar-refractivity contribution in [3.63, 3.8) is 0 Å². The van der Waals surface area contributed by atoms with E-state index in [1.807, 2.05) is 11.8 Å². The lowest BCUT2D eigenvalue weighted by Crippen LogP contribution is -2.42. The summed E-state index contributed by atoms with van der Waals surface area (Å²) in [4.78, 5) is 14.4. The first-order chi connectivity index (χ1) is 9.06. The lowest BCUT2D eigenvalue weighted by molar-refractivity contribution is -0.136. The molecule has 1 amide bonds. The van der Waals surface area contributed by atoms with Gasteiger partial charge in [-0.2, -0.15) is 0 Å². The molecule has 2 rings (SSSR count). The Bertz CT molecular complexity index is 429. The van der Waals surface area contributed by atoms with Gasteiger partial charge < -0.3 is 4.90 Å². The molecule has 0 aromatic heterocycles. The Balaban J connectivity index is 1.93. The van der Waals surface area contributed by atoms with Crippen molar-refractivity contribution in [2.75, 3.05) is 13.1 Å². The third kappa shape index (κ3) is 3.79. The van der Waals surface area contributed by atoms with Gasteiger partial charge in [0.1, 0.15) is 5.82 Å². The molecule has 1 aliphatic heterocycles. The van der Waals surface area contributed by atoms with Crippen molar-refractivity contribution < 1.29 is 9.18 Å². The average molecular weight is 263 g/mol. The number of nitrogens with zero attached hydrogens (tertiary/aromatic N) is 1. The van der Waals surface area contributed by atoms with Crippen LogP contribution in [-0.4, -0.2) is 23.9 Å². The fourth-order valence-corrected chi connectivity index (χ4v) is 2.76. The molecule has 1 aliphatic rings. The summed E-state index contributed by atoms with van der Waals surface area (Å²) >= 11 is 0. The smallest absolute Gasteiger partial charge is 0.225 e. The molecule has 1 aromatic rings. The molecular formula is C16H22FNO. The van der Waals surface area contributed by atoms with Crippen molar-refractivity contribution in [3.05, 3.63) is 35.6 Å². The van der Waals surface area contributed by atoms with Gasteiger partial charge in [-0.3, -0.25) is 4.79 Å². The maximum atomic E-state index is 12.8. The summed E-state index contributed by atoms with van der Waals surface area (Å²) in [6.45, 7) is 5.93. The minimum atomic E-state index is -0.229. The van der Waals surface area contributed by atoms with Gasteiger partial charge in [-0.25, -0.2) is 4.39 Å². The first-order valence-electron chi connectivity index (χ1n) is 7.09.